The van der Waals surface area contributed by atoms with Crippen molar-refractivity contribution in [3.63, 3.8) is 0 Å². The summed E-state index contributed by atoms with van der Waals surface area (Å²) in [7, 11) is 0. The fourth-order valence-corrected chi connectivity index (χ4v) is 2.20. The Morgan fingerprint density at radius 2 is 2.21 bits per heavy atom. The molecule has 1 aliphatic heterocycles. The molecule has 0 amide bonds. The standard InChI is InChI=1S/C12H11FN4O2/c13-8-5-9(12(18)19)11(15-6-8)17-4-3-16-2-1-14-10(16)7-17/h1-2,5-6H,3-4,7H2,(H,18,19). The van der Waals surface area contributed by atoms with Crippen molar-refractivity contribution in [1.82, 2.24) is 14.5 Å². The lowest BCUT2D eigenvalue weighted by atomic mass is 10.2. The van der Waals surface area contributed by atoms with E-state index in [1.807, 2.05) is 10.8 Å². The number of anilines is 1. The zero-order valence-corrected chi connectivity index (χ0v) is 9.95. The maximum atomic E-state index is 13.1. The number of aromatic nitrogens is 3. The largest absolute Gasteiger partial charge is 0.478 e. The van der Waals surface area contributed by atoms with Gasteiger partial charge in [-0.05, 0) is 6.07 Å². The fraction of sp³-hybridized carbons (Fsp3) is 0.250. The van der Waals surface area contributed by atoms with Crippen LogP contribution in [0.25, 0.3) is 0 Å². The minimum absolute atomic E-state index is 0.125. The van der Waals surface area contributed by atoms with Crippen LogP contribution < -0.4 is 4.90 Å². The van der Waals surface area contributed by atoms with E-state index in [1.54, 1.807) is 11.1 Å². The molecule has 0 unspecified atom stereocenters. The number of nitrogens with zero attached hydrogens (tertiary/aromatic N) is 4. The molecule has 0 aromatic carbocycles. The first-order chi connectivity index (χ1) is 9.15. The van der Waals surface area contributed by atoms with Crippen molar-refractivity contribution < 1.29 is 14.3 Å². The average Bonchev–Trinajstić information content (AvgIpc) is 2.85. The van der Waals surface area contributed by atoms with Crippen molar-refractivity contribution >= 4 is 11.8 Å². The molecule has 3 rings (SSSR count). The van der Waals surface area contributed by atoms with Crippen molar-refractivity contribution in [2.75, 3.05) is 11.4 Å². The lowest BCUT2D eigenvalue weighted by Crippen LogP contribution is -2.35. The van der Waals surface area contributed by atoms with E-state index in [1.165, 1.54) is 0 Å². The van der Waals surface area contributed by atoms with Crippen molar-refractivity contribution in [1.29, 1.82) is 0 Å². The number of rotatable bonds is 2. The van der Waals surface area contributed by atoms with Gasteiger partial charge >= 0.3 is 5.97 Å². The number of imidazole rings is 1. The van der Waals surface area contributed by atoms with Crippen molar-refractivity contribution in [2.24, 2.45) is 0 Å². The van der Waals surface area contributed by atoms with Gasteiger partial charge in [-0.3, -0.25) is 0 Å². The highest BCUT2D eigenvalue weighted by atomic mass is 19.1. The number of hydrogen-bond acceptors (Lipinski definition) is 4. The van der Waals surface area contributed by atoms with E-state index in [2.05, 4.69) is 9.97 Å². The fourth-order valence-electron chi connectivity index (χ4n) is 2.20. The maximum Gasteiger partial charge on any atom is 0.339 e. The SMILES string of the molecule is O=C(O)c1cc(F)cnc1N1CCn2ccnc2C1. The minimum atomic E-state index is -1.18. The molecule has 1 N–H and O–H groups in total. The monoisotopic (exact) mass is 262 g/mol. The summed E-state index contributed by atoms with van der Waals surface area (Å²) in [5.41, 5.74) is -0.125. The van der Waals surface area contributed by atoms with Crippen molar-refractivity contribution in [3.8, 4) is 0 Å². The van der Waals surface area contributed by atoms with Crippen LogP contribution in [0.1, 0.15) is 16.2 Å². The summed E-state index contributed by atoms with van der Waals surface area (Å²) in [6.07, 6.45) is 4.61. The highest BCUT2D eigenvalue weighted by Crippen LogP contribution is 2.22. The van der Waals surface area contributed by atoms with Gasteiger partial charge in [0.2, 0.25) is 0 Å². The number of fused-ring (bicyclic) bond motifs is 1. The predicted octanol–water partition coefficient (Wildman–Crippen LogP) is 1.14. The molecule has 0 aliphatic carbocycles. The molecule has 1 aliphatic rings. The minimum Gasteiger partial charge on any atom is -0.478 e. The van der Waals surface area contributed by atoms with Crippen molar-refractivity contribution in [2.45, 2.75) is 13.1 Å². The summed E-state index contributed by atoms with van der Waals surface area (Å²) >= 11 is 0. The molecule has 0 atom stereocenters. The second-order valence-electron chi connectivity index (χ2n) is 4.29. The molecule has 0 saturated carbocycles. The summed E-state index contributed by atoms with van der Waals surface area (Å²) in [5.74, 6) is -0.715. The summed E-state index contributed by atoms with van der Waals surface area (Å²) in [4.78, 5) is 21.1. The zero-order valence-electron chi connectivity index (χ0n) is 9.95. The highest BCUT2D eigenvalue weighted by molar-refractivity contribution is 5.93. The maximum absolute atomic E-state index is 13.1. The van der Waals surface area contributed by atoms with E-state index in [0.29, 0.717) is 19.6 Å². The van der Waals surface area contributed by atoms with Gasteiger partial charge in [0.25, 0.3) is 0 Å². The van der Waals surface area contributed by atoms with Crippen LogP contribution in [0.3, 0.4) is 0 Å². The summed E-state index contributed by atoms with van der Waals surface area (Å²) in [6.45, 7) is 1.78. The Kier molecular flexibility index (Phi) is 2.66. The summed E-state index contributed by atoms with van der Waals surface area (Å²) in [5, 5.41) is 9.12. The van der Waals surface area contributed by atoms with Crippen LogP contribution in [0.5, 0.6) is 0 Å². The van der Waals surface area contributed by atoms with Crippen molar-refractivity contribution in [3.05, 3.63) is 41.9 Å². The van der Waals surface area contributed by atoms with E-state index in [4.69, 9.17) is 5.11 Å². The van der Waals surface area contributed by atoms with Crippen LogP contribution in [-0.4, -0.2) is 32.2 Å². The zero-order chi connectivity index (χ0) is 13.4. The lowest BCUT2D eigenvalue weighted by molar-refractivity contribution is 0.0696. The van der Waals surface area contributed by atoms with E-state index in [0.717, 1.165) is 18.1 Å². The van der Waals surface area contributed by atoms with Gasteiger partial charge in [0.05, 0.1) is 12.7 Å². The van der Waals surface area contributed by atoms with Gasteiger partial charge in [0.1, 0.15) is 23.0 Å². The second kappa shape index (κ2) is 4.34. The van der Waals surface area contributed by atoms with Crippen LogP contribution in [0.2, 0.25) is 0 Å². The second-order valence-corrected chi connectivity index (χ2v) is 4.29. The van der Waals surface area contributed by atoms with Crippen LogP contribution in [0.15, 0.2) is 24.7 Å². The number of hydrogen-bond donors (Lipinski definition) is 1. The lowest BCUT2D eigenvalue weighted by Gasteiger charge is -2.29. The van der Waals surface area contributed by atoms with Crippen LogP contribution in [0, 0.1) is 5.82 Å². The van der Waals surface area contributed by atoms with E-state index in [-0.39, 0.29) is 11.4 Å². The molecule has 6 nitrogen and oxygen atoms in total. The number of pyridine rings is 1. The van der Waals surface area contributed by atoms with Crippen LogP contribution in [0.4, 0.5) is 10.2 Å². The molecule has 0 saturated heterocycles. The Morgan fingerprint density at radius 3 is 3.00 bits per heavy atom. The van der Waals surface area contributed by atoms with Gasteiger partial charge in [-0.15, -0.1) is 0 Å². The van der Waals surface area contributed by atoms with Crippen LogP contribution in [-0.2, 0) is 13.1 Å². The number of aromatic carboxylic acids is 1. The number of halogens is 1. The molecule has 0 spiro atoms. The third-order valence-corrected chi connectivity index (χ3v) is 3.11. The highest BCUT2D eigenvalue weighted by Gasteiger charge is 2.23. The van der Waals surface area contributed by atoms with Gasteiger partial charge in [0.15, 0.2) is 0 Å². The van der Waals surface area contributed by atoms with Crippen LogP contribution >= 0.6 is 0 Å². The first kappa shape index (κ1) is 11.6. The Morgan fingerprint density at radius 1 is 1.37 bits per heavy atom. The predicted molar refractivity (Wildman–Crippen MR) is 64.4 cm³/mol. The first-order valence-electron chi connectivity index (χ1n) is 5.79. The third kappa shape index (κ3) is 2.03. The normalized spacial score (nSPS) is 14.3. The quantitative estimate of drug-likeness (QED) is 0.878. The first-order valence-corrected chi connectivity index (χ1v) is 5.79. The topological polar surface area (TPSA) is 71.2 Å². The molecule has 0 bridgehead atoms. The number of carboxylic acids is 1. The van der Waals surface area contributed by atoms with Gasteiger partial charge in [0, 0.05) is 25.5 Å². The molecule has 2 aromatic heterocycles. The van der Waals surface area contributed by atoms with Gasteiger partial charge in [-0.2, -0.15) is 0 Å². The molecule has 7 heteroatoms. The summed E-state index contributed by atoms with van der Waals surface area (Å²) < 4.78 is 15.1. The summed E-state index contributed by atoms with van der Waals surface area (Å²) in [6, 6.07) is 0.992. The molecular weight excluding hydrogens is 251 g/mol. The Balaban J connectivity index is 1.98. The molecule has 98 valence electrons. The molecule has 0 radical (unpaired) electrons. The third-order valence-electron chi connectivity index (χ3n) is 3.11. The average molecular weight is 262 g/mol. The van der Waals surface area contributed by atoms with E-state index in [9.17, 15) is 9.18 Å². The Bertz CT molecular complexity index is 640. The molecule has 3 heterocycles. The number of carboxylic acid groups (broad SMARTS) is 1. The van der Waals surface area contributed by atoms with Gasteiger partial charge in [-0.25, -0.2) is 19.2 Å². The number of carbonyl (C=O) groups is 1. The molecule has 19 heavy (non-hydrogen) atoms. The molecular formula is C12H11FN4O2. The van der Waals surface area contributed by atoms with Gasteiger partial charge in [-0.1, -0.05) is 0 Å². The van der Waals surface area contributed by atoms with E-state index < -0.39 is 11.8 Å². The Labute approximate surface area is 108 Å². The van der Waals surface area contributed by atoms with Gasteiger partial charge < -0.3 is 14.6 Å². The molecule has 2 aromatic rings. The Hall–Kier alpha value is -2.44. The van der Waals surface area contributed by atoms with E-state index >= 15 is 0 Å². The smallest absolute Gasteiger partial charge is 0.339 e. The molecule has 0 fully saturated rings.